The van der Waals surface area contributed by atoms with Crippen molar-refractivity contribution >= 4 is 28.8 Å². The molecular formula is C20H22N6O2. The van der Waals surface area contributed by atoms with E-state index in [9.17, 15) is 9.59 Å². The molecule has 1 aliphatic heterocycles. The number of amides is 1. The zero-order valence-corrected chi connectivity index (χ0v) is 15.9. The molecule has 1 aromatic carbocycles. The highest BCUT2D eigenvalue weighted by molar-refractivity contribution is 5.97. The minimum atomic E-state index is -0.0578. The predicted molar refractivity (Wildman–Crippen MR) is 106 cm³/mol. The Balaban J connectivity index is 1.39. The quantitative estimate of drug-likeness (QED) is 0.701. The molecule has 2 aromatic heterocycles. The smallest absolute Gasteiger partial charge is 0.227 e. The minimum Gasteiger partial charge on any atom is -0.355 e. The molecule has 1 saturated heterocycles. The lowest BCUT2D eigenvalue weighted by Gasteiger charge is -2.32. The summed E-state index contributed by atoms with van der Waals surface area (Å²) in [7, 11) is 0. The number of nitrogens with zero attached hydrogens (tertiary/aromatic N) is 5. The number of aryl methyl sites for hydroxylation is 1. The summed E-state index contributed by atoms with van der Waals surface area (Å²) < 4.78 is 1.73. The second-order valence-electron chi connectivity index (χ2n) is 7.10. The van der Waals surface area contributed by atoms with Gasteiger partial charge < -0.3 is 10.2 Å². The summed E-state index contributed by atoms with van der Waals surface area (Å²) in [5, 5.41) is 15.6. The maximum absolute atomic E-state index is 12.6. The number of aromatic nitrogens is 4. The van der Waals surface area contributed by atoms with Crippen LogP contribution in [0.4, 0.5) is 11.5 Å². The number of fused-ring (bicyclic) bond motifs is 1. The first-order valence-corrected chi connectivity index (χ1v) is 9.37. The molecule has 8 heteroatoms. The van der Waals surface area contributed by atoms with E-state index >= 15 is 0 Å². The molecule has 0 saturated carbocycles. The van der Waals surface area contributed by atoms with Crippen LogP contribution in [-0.4, -0.2) is 44.6 Å². The second kappa shape index (κ2) is 7.38. The van der Waals surface area contributed by atoms with Gasteiger partial charge in [0.1, 0.15) is 5.82 Å². The maximum Gasteiger partial charge on any atom is 0.227 e. The zero-order chi connectivity index (χ0) is 19.7. The summed E-state index contributed by atoms with van der Waals surface area (Å²) in [6.45, 7) is 4.90. The minimum absolute atomic E-state index is 0.00147. The Morgan fingerprint density at radius 2 is 1.89 bits per heavy atom. The number of benzene rings is 1. The van der Waals surface area contributed by atoms with E-state index in [0.717, 1.165) is 43.2 Å². The molecule has 144 valence electrons. The fourth-order valence-corrected chi connectivity index (χ4v) is 3.49. The van der Waals surface area contributed by atoms with Gasteiger partial charge >= 0.3 is 0 Å². The molecule has 1 aliphatic rings. The van der Waals surface area contributed by atoms with Crippen LogP contribution in [0.3, 0.4) is 0 Å². The van der Waals surface area contributed by atoms with Crippen LogP contribution in [0.1, 0.15) is 35.9 Å². The lowest BCUT2D eigenvalue weighted by molar-refractivity contribution is -0.120. The number of ketones is 1. The van der Waals surface area contributed by atoms with E-state index < -0.39 is 0 Å². The van der Waals surface area contributed by atoms with Gasteiger partial charge in [-0.05, 0) is 51.0 Å². The molecule has 4 rings (SSSR count). The van der Waals surface area contributed by atoms with Crippen molar-refractivity contribution < 1.29 is 9.59 Å². The van der Waals surface area contributed by atoms with Gasteiger partial charge in [0.05, 0.1) is 0 Å². The van der Waals surface area contributed by atoms with Crippen LogP contribution in [-0.2, 0) is 4.79 Å². The third-order valence-electron chi connectivity index (χ3n) is 5.13. The lowest BCUT2D eigenvalue weighted by Crippen LogP contribution is -2.38. The SMILES string of the molecule is CC(=O)c1cccc(NC(=O)C2CCN(c3ccc4nnc(C)n4n3)CC2)c1. The standard InChI is InChI=1S/C20H22N6O2/c1-13(27)16-4-3-5-17(12-16)21-20(28)15-8-10-25(11-9-15)19-7-6-18-23-22-14(2)26(18)24-19/h3-7,12,15H,8-11H2,1-2H3,(H,21,28). The molecule has 1 fully saturated rings. The van der Waals surface area contributed by atoms with Crippen LogP contribution in [0.25, 0.3) is 5.65 Å². The molecule has 3 aromatic rings. The van der Waals surface area contributed by atoms with Gasteiger partial charge in [-0.1, -0.05) is 12.1 Å². The number of rotatable bonds is 4. The largest absolute Gasteiger partial charge is 0.355 e. The second-order valence-corrected chi connectivity index (χ2v) is 7.10. The molecule has 0 spiro atoms. The molecule has 1 amide bonds. The maximum atomic E-state index is 12.6. The van der Waals surface area contributed by atoms with E-state index in [-0.39, 0.29) is 17.6 Å². The fourth-order valence-electron chi connectivity index (χ4n) is 3.49. The summed E-state index contributed by atoms with van der Waals surface area (Å²) in [6.07, 6.45) is 1.50. The van der Waals surface area contributed by atoms with Crippen molar-refractivity contribution in [2.45, 2.75) is 26.7 Å². The molecule has 3 heterocycles. The Kier molecular flexibility index (Phi) is 4.77. The first-order chi connectivity index (χ1) is 13.5. The van der Waals surface area contributed by atoms with Gasteiger partial charge in [-0.25, -0.2) is 0 Å². The summed E-state index contributed by atoms with van der Waals surface area (Å²) in [6, 6.07) is 10.9. The molecule has 28 heavy (non-hydrogen) atoms. The molecule has 0 bridgehead atoms. The van der Waals surface area contributed by atoms with Gasteiger partial charge in [-0.2, -0.15) is 4.52 Å². The molecule has 8 nitrogen and oxygen atoms in total. The van der Waals surface area contributed by atoms with Crippen LogP contribution in [0.5, 0.6) is 0 Å². The number of hydrogen-bond donors (Lipinski definition) is 1. The van der Waals surface area contributed by atoms with Gasteiger partial charge in [-0.3, -0.25) is 9.59 Å². The topological polar surface area (TPSA) is 92.5 Å². The molecule has 0 radical (unpaired) electrons. The van der Waals surface area contributed by atoms with Crippen LogP contribution < -0.4 is 10.2 Å². The van der Waals surface area contributed by atoms with Gasteiger partial charge in [0, 0.05) is 30.3 Å². The van der Waals surface area contributed by atoms with Crippen molar-refractivity contribution in [1.82, 2.24) is 19.8 Å². The van der Waals surface area contributed by atoms with E-state index in [0.29, 0.717) is 11.3 Å². The first kappa shape index (κ1) is 18.1. The van der Waals surface area contributed by atoms with Gasteiger partial charge in [-0.15, -0.1) is 15.3 Å². The highest BCUT2D eigenvalue weighted by atomic mass is 16.2. The van der Waals surface area contributed by atoms with E-state index in [2.05, 4.69) is 25.5 Å². The van der Waals surface area contributed by atoms with E-state index in [1.807, 2.05) is 19.1 Å². The highest BCUT2D eigenvalue weighted by Gasteiger charge is 2.26. The average Bonchev–Trinajstić information content (AvgIpc) is 3.08. The number of anilines is 2. The predicted octanol–water partition coefficient (Wildman–Crippen LogP) is 2.49. The first-order valence-electron chi connectivity index (χ1n) is 9.37. The Morgan fingerprint density at radius 1 is 1.11 bits per heavy atom. The van der Waals surface area contributed by atoms with Gasteiger partial charge in [0.2, 0.25) is 5.91 Å². The van der Waals surface area contributed by atoms with E-state index in [1.165, 1.54) is 6.92 Å². The van der Waals surface area contributed by atoms with Crippen molar-refractivity contribution in [1.29, 1.82) is 0 Å². The number of hydrogen-bond acceptors (Lipinski definition) is 6. The number of Topliss-reactive ketones (excluding diaryl/α,β-unsaturated/α-hetero) is 1. The number of piperidine rings is 1. The summed E-state index contributed by atoms with van der Waals surface area (Å²) >= 11 is 0. The molecular weight excluding hydrogens is 356 g/mol. The average molecular weight is 378 g/mol. The normalized spacial score (nSPS) is 15.0. The van der Waals surface area contributed by atoms with Crippen LogP contribution >= 0.6 is 0 Å². The van der Waals surface area contributed by atoms with Crippen molar-refractivity contribution in [2.75, 3.05) is 23.3 Å². The van der Waals surface area contributed by atoms with Gasteiger partial charge in [0.25, 0.3) is 0 Å². The Hall–Kier alpha value is -3.29. The lowest BCUT2D eigenvalue weighted by atomic mass is 9.95. The molecule has 0 aliphatic carbocycles. The van der Waals surface area contributed by atoms with Crippen LogP contribution in [0.2, 0.25) is 0 Å². The van der Waals surface area contributed by atoms with E-state index in [4.69, 9.17) is 0 Å². The summed E-state index contributed by atoms with van der Waals surface area (Å²) in [5.41, 5.74) is 1.98. The Labute approximate surface area is 162 Å². The number of carbonyl (C=O) groups is 2. The van der Waals surface area contributed by atoms with Crippen molar-refractivity contribution in [3.05, 3.63) is 47.8 Å². The van der Waals surface area contributed by atoms with Gasteiger partial charge in [0.15, 0.2) is 17.3 Å². The van der Waals surface area contributed by atoms with Crippen molar-refractivity contribution in [2.24, 2.45) is 5.92 Å². The number of carbonyl (C=O) groups excluding carboxylic acids is 2. The Bertz CT molecular complexity index is 1040. The monoisotopic (exact) mass is 378 g/mol. The summed E-state index contributed by atoms with van der Waals surface area (Å²) in [5.74, 6) is 1.54. The third kappa shape index (κ3) is 3.58. The van der Waals surface area contributed by atoms with Crippen LogP contribution in [0.15, 0.2) is 36.4 Å². The number of nitrogens with one attached hydrogen (secondary N) is 1. The van der Waals surface area contributed by atoms with Crippen molar-refractivity contribution in [3.8, 4) is 0 Å². The highest BCUT2D eigenvalue weighted by Crippen LogP contribution is 2.23. The Morgan fingerprint density at radius 3 is 2.64 bits per heavy atom. The molecule has 0 unspecified atom stereocenters. The van der Waals surface area contributed by atoms with Crippen molar-refractivity contribution in [3.63, 3.8) is 0 Å². The molecule has 1 N–H and O–H groups in total. The zero-order valence-electron chi connectivity index (χ0n) is 15.9. The summed E-state index contributed by atoms with van der Waals surface area (Å²) in [4.78, 5) is 26.3. The van der Waals surface area contributed by atoms with Crippen LogP contribution in [0, 0.1) is 12.8 Å². The fraction of sp³-hybridized carbons (Fsp3) is 0.350. The van der Waals surface area contributed by atoms with E-state index in [1.54, 1.807) is 28.8 Å². The molecule has 0 atom stereocenters. The third-order valence-corrected chi connectivity index (χ3v) is 5.13.